The quantitative estimate of drug-likeness (QED) is 0.337. The molecule has 0 amide bonds. The van der Waals surface area contributed by atoms with E-state index in [-0.39, 0.29) is 5.78 Å². The molecule has 0 aliphatic rings. The molecule has 144 valence electrons. The van der Waals surface area contributed by atoms with Crippen LogP contribution in [0.15, 0.2) is 48.7 Å². The van der Waals surface area contributed by atoms with Gasteiger partial charge in [-0.15, -0.1) is 0 Å². The Bertz CT molecular complexity index is 788. The van der Waals surface area contributed by atoms with E-state index in [1.54, 1.807) is 49.7 Å². The van der Waals surface area contributed by atoms with Crippen LogP contribution in [0.1, 0.15) is 30.1 Å². The Hall–Kier alpha value is -2.66. The molecule has 6 heteroatoms. The summed E-state index contributed by atoms with van der Waals surface area (Å²) in [6.07, 6.45) is 5.09. The molecular formula is C21H24ClNO4. The molecule has 5 nitrogen and oxygen atoms in total. The molecule has 2 aromatic rings. The SMILES string of the molecule is CCCCOc1ccc(C(=O)C=CNc2cc(Cl)c(OC)cc2OC)cc1. The molecule has 2 rings (SSSR count). The van der Waals surface area contributed by atoms with Crippen molar-refractivity contribution in [2.24, 2.45) is 0 Å². The van der Waals surface area contributed by atoms with Gasteiger partial charge in [0.1, 0.15) is 17.2 Å². The smallest absolute Gasteiger partial charge is 0.187 e. The van der Waals surface area contributed by atoms with Gasteiger partial charge in [-0.25, -0.2) is 0 Å². The summed E-state index contributed by atoms with van der Waals surface area (Å²) in [6, 6.07) is 10.5. The molecule has 0 aliphatic heterocycles. The number of nitrogens with one attached hydrogen (secondary N) is 1. The number of hydrogen-bond donors (Lipinski definition) is 1. The molecule has 0 unspecified atom stereocenters. The minimum atomic E-state index is -0.124. The minimum absolute atomic E-state index is 0.124. The molecule has 1 N–H and O–H groups in total. The van der Waals surface area contributed by atoms with E-state index >= 15 is 0 Å². The molecular weight excluding hydrogens is 366 g/mol. The van der Waals surface area contributed by atoms with E-state index in [4.69, 9.17) is 25.8 Å². The molecule has 27 heavy (non-hydrogen) atoms. The van der Waals surface area contributed by atoms with Gasteiger partial charge in [0.25, 0.3) is 0 Å². The third-order valence-electron chi connectivity index (χ3n) is 3.85. The molecule has 0 bridgehead atoms. The molecule has 0 spiro atoms. The van der Waals surface area contributed by atoms with Gasteiger partial charge in [0.2, 0.25) is 0 Å². The maximum absolute atomic E-state index is 12.3. The summed E-state index contributed by atoms with van der Waals surface area (Å²) in [5.41, 5.74) is 1.21. The Balaban J connectivity index is 2.00. The van der Waals surface area contributed by atoms with E-state index in [0.717, 1.165) is 18.6 Å². The van der Waals surface area contributed by atoms with Gasteiger partial charge in [-0.05, 0) is 36.8 Å². The van der Waals surface area contributed by atoms with Crippen LogP contribution in [0.5, 0.6) is 17.2 Å². The number of ether oxygens (including phenoxy) is 3. The highest BCUT2D eigenvalue weighted by Crippen LogP contribution is 2.35. The number of allylic oxidation sites excluding steroid dienone is 1. The number of ketones is 1. The molecule has 0 saturated carbocycles. The lowest BCUT2D eigenvalue weighted by Gasteiger charge is -2.11. The van der Waals surface area contributed by atoms with Crippen LogP contribution < -0.4 is 19.5 Å². The van der Waals surface area contributed by atoms with Gasteiger partial charge >= 0.3 is 0 Å². The third-order valence-corrected chi connectivity index (χ3v) is 4.15. The van der Waals surface area contributed by atoms with Crippen molar-refractivity contribution >= 4 is 23.1 Å². The number of halogens is 1. The maximum atomic E-state index is 12.3. The second kappa shape index (κ2) is 10.5. The van der Waals surface area contributed by atoms with Gasteiger partial charge in [-0.3, -0.25) is 4.79 Å². The van der Waals surface area contributed by atoms with Crippen LogP contribution in [0.3, 0.4) is 0 Å². The summed E-state index contributed by atoms with van der Waals surface area (Å²) in [5.74, 6) is 1.71. The second-order valence-corrected chi connectivity index (χ2v) is 6.16. The van der Waals surface area contributed by atoms with Gasteiger partial charge in [0.15, 0.2) is 5.78 Å². The lowest BCUT2D eigenvalue weighted by atomic mass is 10.1. The first-order valence-electron chi connectivity index (χ1n) is 8.70. The van der Waals surface area contributed by atoms with Gasteiger partial charge < -0.3 is 19.5 Å². The third kappa shape index (κ3) is 5.93. The number of methoxy groups -OCH3 is 2. The van der Waals surface area contributed by atoms with Crippen molar-refractivity contribution in [1.82, 2.24) is 0 Å². The largest absolute Gasteiger partial charge is 0.495 e. The molecule has 0 radical (unpaired) electrons. The van der Waals surface area contributed by atoms with Crippen LogP contribution in [-0.2, 0) is 0 Å². The van der Waals surface area contributed by atoms with E-state index in [1.165, 1.54) is 13.2 Å². The number of rotatable bonds is 10. The highest BCUT2D eigenvalue weighted by Gasteiger charge is 2.09. The summed E-state index contributed by atoms with van der Waals surface area (Å²) >= 11 is 6.13. The lowest BCUT2D eigenvalue weighted by molar-refractivity contribution is 0.104. The summed E-state index contributed by atoms with van der Waals surface area (Å²) in [4.78, 5) is 12.3. The van der Waals surface area contributed by atoms with Crippen LogP contribution in [0.4, 0.5) is 5.69 Å². The van der Waals surface area contributed by atoms with Gasteiger partial charge in [0.05, 0.1) is 31.5 Å². The van der Waals surface area contributed by atoms with Crippen LogP contribution in [0, 0.1) is 0 Å². The second-order valence-electron chi connectivity index (χ2n) is 5.76. The summed E-state index contributed by atoms with van der Waals surface area (Å²) in [5, 5.41) is 3.46. The Morgan fingerprint density at radius 3 is 2.44 bits per heavy atom. The first kappa shape index (κ1) is 20.6. The summed E-state index contributed by atoms with van der Waals surface area (Å²) < 4.78 is 16.1. The average molecular weight is 390 g/mol. The van der Waals surface area contributed by atoms with Crippen molar-refractivity contribution in [2.75, 3.05) is 26.1 Å². The Labute approximate surface area is 164 Å². The fraction of sp³-hybridized carbons (Fsp3) is 0.286. The van der Waals surface area contributed by atoms with Crippen molar-refractivity contribution in [2.45, 2.75) is 19.8 Å². The fourth-order valence-electron chi connectivity index (χ4n) is 2.33. The predicted molar refractivity (Wildman–Crippen MR) is 108 cm³/mol. The molecule has 0 fully saturated rings. The zero-order valence-electron chi connectivity index (χ0n) is 15.8. The number of carbonyl (C=O) groups is 1. The molecule has 0 aromatic heterocycles. The van der Waals surface area contributed by atoms with Crippen molar-refractivity contribution in [3.8, 4) is 17.2 Å². The predicted octanol–water partition coefficient (Wildman–Crippen LogP) is 5.34. The number of unbranched alkanes of at least 4 members (excludes halogenated alkanes) is 1. The molecule has 0 aliphatic carbocycles. The normalized spacial score (nSPS) is 10.7. The zero-order valence-corrected chi connectivity index (χ0v) is 16.5. The van der Waals surface area contributed by atoms with Gasteiger partial charge in [-0.2, -0.15) is 0 Å². The van der Waals surface area contributed by atoms with Gasteiger partial charge in [-0.1, -0.05) is 24.9 Å². The summed E-state index contributed by atoms with van der Waals surface area (Å²) in [7, 11) is 3.08. The fourth-order valence-corrected chi connectivity index (χ4v) is 2.57. The Morgan fingerprint density at radius 2 is 1.81 bits per heavy atom. The highest BCUT2D eigenvalue weighted by atomic mass is 35.5. The van der Waals surface area contributed by atoms with E-state index in [9.17, 15) is 4.79 Å². The monoisotopic (exact) mass is 389 g/mol. The Kier molecular flexibility index (Phi) is 8.01. The van der Waals surface area contributed by atoms with E-state index < -0.39 is 0 Å². The first-order valence-corrected chi connectivity index (χ1v) is 9.08. The molecule has 0 heterocycles. The van der Waals surface area contributed by atoms with Crippen molar-refractivity contribution in [3.05, 3.63) is 59.3 Å². The number of benzene rings is 2. The lowest BCUT2D eigenvalue weighted by Crippen LogP contribution is -1.99. The number of hydrogen-bond acceptors (Lipinski definition) is 5. The van der Waals surface area contributed by atoms with Crippen molar-refractivity contribution in [1.29, 1.82) is 0 Å². The number of anilines is 1. The van der Waals surface area contributed by atoms with Gasteiger partial charge in [0, 0.05) is 23.9 Å². The average Bonchev–Trinajstić information content (AvgIpc) is 2.69. The molecule has 0 atom stereocenters. The maximum Gasteiger partial charge on any atom is 0.187 e. The van der Waals surface area contributed by atoms with E-state index in [0.29, 0.717) is 34.4 Å². The van der Waals surface area contributed by atoms with Crippen molar-refractivity contribution in [3.63, 3.8) is 0 Å². The molecule has 0 saturated heterocycles. The van der Waals surface area contributed by atoms with Crippen LogP contribution in [-0.4, -0.2) is 26.6 Å². The van der Waals surface area contributed by atoms with Crippen LogP contribution >= 0.6 is 11.6 Å². The van der Waals surface area contributed by atoms with Crippen LogP contribution in [0.2, 0.25) is 5.02 Å². The minimum Gasteiger partial charge on any atom is -0.495 e. The Morgan fingerprint density at radius 1 is 1.11 bits per heavy atom. The highest BCUT2D eigenvalue weighted by molar-refractivity contribution is 6.32. The van der Waals surface area contributed by atoms with Crippen LogP contribution in [0.25, 0.3) is 0 Å². The van der Waals surface area contributed by atoms with E-state index in [2.05, 4.69) is 12.2 Å². The van der Waals surface area contributed by atoms with Crippen molar-refractivity contribution < 1.29 is 19.0 Å². The topological polar surface area (TPSA) is 56.8 Å². The molecule has 2 aromatic carbocycles. The van der Waals surface area contributed by atoms with E-state index in [1.807, 2.05) is 0 Å². The standard InChI is InChI=1S/C21H24ClNO4/c1-4-5-12-27-16-8-6-15(7-9-16)19(24)10-11-23-18-13-17(22)20(25-2)14-21(18)26-3/h6-11,13-14,23H,4-5,12H2,1-3H3. The zero-order chi connectivity index (χ0) is 19.6. The number of carbonyl (C=O) groups excluding carboxylic acids is 1. The summed E-state index contributed by atoms with van der Waals surface area (Å²) in [6.45, 7) is 2.79. The first-order chi connectivity index (χ1) is 13.1.